The fraction of sp³-hybridized carbons (Fsp3) is 0.176. The molecule has 2 aromatic heterocycles. The van der Waals surface area contributed by atoms with Gasteiger partial charge in [0, 0.05) is 22.1 Å². The maximum Gasteiger partial charge on any atom is 0.261 e. The molecule has 8 heteroatoms. The first-order valence-corrected chi connectivity index (χ1v) is 8.57. The molecular formula is C17H14ClN3O3S. The second-order valence-corrected chi connectivity index (χ2v) is 6.62. The number of halogens is 1. The molecule has 0 radical (unpaired) electrons. The van der Waals surface area contributed by atoms with Crippen LogP contribution in [0.5, 0.6) is 0 Å². The molecule has 0 aliphatic rings. The molecule has 0 unspecified atom stereocenters. The number of aromatic nitrogens is 2. The van der Waals surface area contributed by atoms with E-state index in [1.807, 2.05) is 12.1 Å². The first-order chi connectivity index (χ1) is 11.9. The van der Waals surface area contributed by atoms with Gasteiger partial charge in [-0.25, -0.2) is 4.98 Å². The number of aryl methyl sites for hydroxylation is 1. The van der Waals surface area contributed by atoms with Gasteiger partial charge in [0.25, 0.3) is 5.91 Å². The monoisotopic (exact) mass is 375 g/mol. The van der Waals surface area contributed by atoms with E-state index in [2.05, 4.69) is 14.7 Å². The summed E-state index contributed by atoms with van der Waals surface area (Å²) in [6, 6.07) is 8.83. The van der Waals surface area contributed by atoms with Crippen LogP contribution in [0.4, 0.5) is 5.13 Å². The Hall–Kier alpha value is -2.51. The molecule has 0 saturated carbocycles. The summed E-state index contributed by atoms with van der Waals surface area (Å²) < 4.78 is 9.72. The Kier molecular flexibility index (Phi) is 4.96. The fourth-order valence-electron chi connectivity index (χ4n) is 2.23. The molecule has 3 aromatic rings. The van der Waals surface area contributed by atoms with Crippen molar-refractivity contribution in [2.24, 2.45) is 0 Å². The standard InChI is InChI=1S/C17H14ClN3O3S/c1-9(22)7-15-19-17(25-21-15)20-16(23)13-8-14(24-10(13)2)11-3-5-12(18)6-4-11/h3-6,8H,7H2,1-2H3,(H,19,20,21,23). The molecule has 0 saturated heterocycles. The summed E-state index contributed by atoms with van der Waals surface area (Å²) >= 11 is 6.92. The van der Waals surface area contributed by atoms with Gasteiger partial charge in [0.1, 0.15) is 17.3 Å². The summed E-state index contributed by atoms with van der Waals surface area (Å²) in [7, 11) is 0. The molecule has 0 atom stereocenters. The van der Waals surface area contributed by atoms with E-state index in [4.69, 9.17) is 16.0 Å². The number of benzene rings is 1. The molecule has 0 spiro atoms. The van der Waals surface area contributed by atoms with Crippen LogP contribution in [0.2, 0.25) is 5.02 Å². The number of carbonyl (C=O) groups excluding carboxylic acids is 2. The molecule has 25 heavy (non-hydrogen) atoms. The quantitative estimate of drug-likeness (QED) is 0.724. The molecule has 0 bridgehead atoms. The zero-order valence-corrected chi connectivity index (χ0v) is 15.1. The minimum absolute atomic E-state index is 0.0334. The second-order valence-electron chi connectivity index (χ2n) is 5.44. The third kappa shape index (κ3) is 4.12. The van der Waals surface area contributed by atoms with Crippen molar-refractivity contribution < 1.29 is 14.0 Å². The first-order valence-electron chi connectivity index (χ1n) is 7.42. The van der Waals surface area contributed by atoms with E-state index < -0.39 is 0 Å². The molecule has 2 heterocycles. The number of amides is 1. The highest BCUT2D eigenvalue weighted by Crippen LogP contribution is 2.27. The molecule has 1 N–H and O–H groups in total. The van der Waals surface area contributed by atoms with E-state index in [-0.39, 0.29) is 18.1 Å². The van der Waals surface area contributed by atoms with E-state index in [0.29, 0.717) is 33.1 Å². The number of anilines is 1. The fourth-order valence-corrected chi connectivity index (χ4v) is 2.94. The predicted molar refractivity (Wildman–Crippen MR) is 96.1 cm³/mol. The number of nitrogens with one attached hydrogen (secondary N) is 1. The van der Waals surface area contributed by atoms with Crippen molar-refractivity contribution in [1.82, 2.24) is 9.36 Å². The summed E-state index contributed by atoms with van der Waals surface area (Å²) in [5.74, 6) is 1.10. The molecule has 1 amide bonds. The smallest absolute Gasteiger partial charge is 0.261 e. The Morgan fingerprint density at radius 3 is 2.68 bits per heavy atom. The van der Waals surface area contributed by atoms with Crippen LogP contribution in [0, 0.1) is 6.92 Å². The van der Waals surface area contributed by atoms with Gasteiger partial charge in [0.05, 0.1) is 12.0 Å². The van der Waals surface area contributed by atoms with Crippen molar-refractivity contribution in [2.45, 2.75) is 20.3 Å². The summed E-state index contributed by atoms with van der Waals surface area (Å²) in [5.41, 5.74) is 1.24. The first kappa shape index (κ1) is 17.3. The highest BCUT2D eigenvalue weighted by molar-refractivity contribution is 7.09. The zero-order valence-electron chi connectivity index (χ0n) is 13.5. The highest BCUT2D eigenvalue weighted by Gasteiger charge is 2.18. The van der Waals surface area contributed by atoms with Crippen LogP contribution in [-0.4, -0.2) is 21.0 Å². The Bertz CT molecular complexity index is 931. The molecule has 0 aliphatic heterocycles. The van der Waals surface area contributed by atoms with Crippen LogP contribution in [-0.2, 0) is 11.2 Å². The van der Waals surface area contributed by atoms with Crippen LogP contribution in [0.1, 0.15) is 28.9 Å². The van der Waals surface area contributed by atoms with Crippen molar-refractivity contribution in [2.75, 3.05) is 5.32 Å². The largest absolute Gasteiger partial charge is 0.461 e. The second kappa shape index (κ2) is 7.16. The predicted octanol–water partition coefficient (Wildman–Crippen LogP) is 4.14. The number of Topliss-reactive ketones (excluding diaryl/α,β-unsaturated/α-hetero) is 1. The highest BCUT2D eigenvalue weighted by atomic mass is 35.5. The number of carbonyl (C=O) groups is 2. The summed E-state index contributed by atoms with van der Waals surface area (Å²) in [5, 5.41) is 3.65. The molecule has 0 aliphatic carbocycles. The lowest BCUT2D eigenvalue weighted by molar-refractivity contribution is -0.116. The summed E-state index contributed by atoms with van der Waals surface area (Å²) in [6.07, 6.45) is 0.151. The van der Waals surface area contributed by atoms with Gasteiger partial charge in [0.2, 0.25) is 5.13 Å². The van der Waals surface area contributed by atoms with Crippen LogP contribution >= 0.6 is 23.1 Å². The van der Waals surface area contributed by atoms with Crippen LogP contribution in [0.25, 0.3) is 11.3 Å². The number of nitrogens with zero attached hydrogens (tertiary/aromatic N) is 2. The van der Waals surface area contributed by atoms with Crippen molar-refractivity contribution in [3.05, 3.63) is 52.5 Å². The topological polar surface area (TPSA) is 85.1 Å². The Labute approximate surface area is 153 Å². The van der Waals surface area contributed by atoms with E-state index in [1.165, 1.54) is 6.92 Å². The van der Waals surface area contributed by atoms with Gasteiger partial charge in [-0.05, 0) is 44.2 Å². The van der Waals surface area contributed by atoms with Crippen molar-refractivity contribution in [3.8, 4) is 11.3 Å². The maximum absolute atomic E-state index is 12.4. The van der Waals surface area contributed by atoms with Crippen LogP contribution in [0.3, 0.4) is 0 Å². The lowest BCUT2D eigenvalue weighted by Crippen LogP contribution is -2.12. The minimum atomic E-state index is -0.341. The molecule has 3 rings (SSSR count). The van der Waals surface area contributed by atoms with E-state index in [0.717, 1.165) is 17.1 Å². The number of ketones is 1. The van der Waals surface area contributed by atoms with E-state index in [9.17, 15) is 9.59 Å². The minimum Gasteiger partial charge on any atom is -0.461 e. The normalized spacial score (nSPS) is 10.7. The lowest BCUT2D eigenvalue weighted by atomic mass is 10.1. The Morgan fingerprint density at radius 2 is 2.00 bits per heavy atom. The van der Waals surface area contributed by atoms with Crippen molar-refractivity contribution >= 4 is 40.0 Å². The van der Waals surface area contributed by atoms with E-state index >= 15 is 0 Å². The molecule has 6 nitrogen and oxygen atoms in total. The van der Waals surface area contributed by atoms with Crippen molar-refractivity contribution in [1.29, 1.82) is 0 Å². The third-order valence-electron chi connectivity index (χ3n) is 3.39. The van der Waals surface area contributed by atoms with Gasteiger partial charge in [-0.1, -0.05) is 11.6 Å². The van der Waals surface area contributed by atoms with Gasteiger partial charge in [-0.3, -0.25) is 14.9 Å². The van der Waals surface area contributed by atoms with Crippen molar-refractivity contribution in [3.63, 3.8) is 0 Å². The van der Waals surface area contributed by atoms with Gasteiger partial charge < -0.3 is 4.42 Å². The maximum atomic E-state index is 12.4. The molecule has 1 aromatic carbocycles. The molecular weight excluding hydrogens is 362 g/mol. The molecule has 128 valence electrons. The lowest BCUT2D eigenvalue weighted by Gasteiger charge is -1.98. The Morgan fingerprint density at radius 1 is 1.28 bits per heavy atom. The summed E-state index contributed by atoms with van der Waals surface area (Å²) in [4.78, 5) is 27.7. The zero-order chi connectivity index (χ0) is 18.0. The summed E-state index contributed by atoms with van der Waals surface area (Å²) in [6.45, 7) is 3.18. The molecule has 0 fully saturated rings. The average Bonchev–Trinajstić information content (AvgIpc) is 3.14. The number of rotatable bonds is 5. The third-order valence-corrected chi connectivity index (χ3v) is 4.31. The Balaban J connectivity index is 1.77. The number of hydrogen-bond acceptors (Lipinski definition) is 6. The number of furan rings is 1. The van der Waals surface area contributed by atoms with Gasteiger partial charge in [-0.2, -0.15) is 4.37 Å². The van der Waals surface area contributed by atoms with E-state index in [1.54, 1.807) is 25.1 Å². The van der Waals surface area contributed by atoms with Crippen LogP contribution in [0.15, 0.2) is 34.7 Å². The SMILES string of the molecule is CC(=O)Cc1nsc(NC(=O)c2cc(-c3ccc(Cl)cc3)oc2C)n1. The van der Waals surface area contributed by atoms with Crippen LogP contribution < -0.4 is 5.32 Å². The van der Waals surface area contributed by atoms with Gasteiger partial charge in [-0.15, -0.1) is 0 Å². The average molecular weight is 376 g/mol. The number of hydrogen-bond donors (Lipinski definition) is 1. The van der Waals surface area contributed by atoms with Gasteiger partial charge in [0.15, 0.2) is 5.82 Å². The van der Waals surface area contributed by atoms with Gasteiger partial charge >= 0.3 is 0 Å².